The number of thioether (sulfide) groups is 1. The van der Waals surface area contributed by atoms with Crippen molar-refractivity contribution >= 4 is 68.1 Å². The molecule has 31 heavy (non-hydrogen) atoms. The van der Waals surface area contributed by atoms with Gasteiger partial charge in [0.05, 0.1) is 5.75 Å². The molecule has 0 atom stereocenters. The molecule has 0 unspecified atom stereocenters. The molecule has 0 aliphatic carbocycles. The monoisotopic (exact) mass is 468 g/mol. The van der Waals surface area contributed by atoms with Gasteiger partial charge < -0.3 is 5.32 Å². The molecule has 0 saturated heterocycles. The number of fused-ring (bicyclic) bond motifs is 1. The van der Waals surface area contributed by atoms with Gasteiger partial charge in [0.2, 0.25) is 11.0 Å². The van der Waals surface area contributed by atoms with Gasteiger partial charge in [-0.25, -0.2) is 0 Å². The summed E-state index contributed by atoms with van der Waals surface area (Å²) in [7, 11) is 0. The largest absolute Gasteiger partial charge is 0.325 e. The number of carbonyl (C=O) groups is 2. The van der Waals surface area contributed by atoms with Crippen LogP contribution in [0.4, 0.5) is 10.8 Å². The second kappa shape index (κ2) is 9.47. The van der Waals surface area contributed by atoms with Crippen LogP contribution >= 0.6 is 34.7 Å². The highest BCUT2D eigenvalue weighted by Crippen LogP contribution is 2.27. The second-order valence-electron chi connectivity index (χ2n) is 6.65. The Morgan fingerprint density at radius 3 is 2.68 bits per heavy atom. The summed E-state index contributed by atoms with van der Waals surface area (Å²) in [6.07, 6.45) is 0. The lowest BCUT2D eigenvalue weighted by molar-refractivity contribution is -0.113. The SMILES string of the molecule is Cc1ccc(NC(=O)CSc2nnc(NC(=O)c3cccc4ccccc34)s2)cc1Cl. The molecule has 2 N–H and O–H groups in total. The van der Waals surface area contributed by atoms with Gasteiger partial charge in [0.1, 0.15) is 0 Å². The van der Waals surface area contributed by atoms with Crippen molar-refractivity contribution in [3.05, 3.63) is 76.8 Å². The van der Waals surface area contributed by atoms with Gasteiger partial charge in [-0.05, 0) is 41.5 Å². The summed E-state index contributed by atoms with van der Waals surface area (Å²) in [4.78, 5) is 24.9. The first kappa shape index (κ1) is 21.3. The van der Waals surface area contributed by atoms with E-state index >= 15 is 0 Å². The molecule has 6 nitrogen and oxygen atoms in total. The van der Waals surface area contributed by atoms with Gasteiger partial charge in [0.25, 0.3) is 5.91 Å². The van der Waals surface area contributed by atoms with E-state index in [0.29, 0.717) is 25.7 Å². The number of amides is 2. The Hall–Kier alpha value is -2.94. The molecule has 9 heteroatoms. The Morgan fingerprint density at radius 2 is 1.84 bits per heavy atom. The van der Waals surface area contributed by atoms with Gasteiger partial charge in [0.15, 0.2) is 4.34 Å². The van der Waals surface area contributed by atoms with Crippen LogP contribution in [0.25, 0.3) is 10.8 Å². The Kier molecular flexibility index (Phi) is 6.50. The lowest BCUT2D eigenvalue weighted by Crippen LogP contribution is -2.13. The van der Waals surface area contributed by atoms with Crippen molar-refractivity contribution in [3.63, 3.8) is 0 Å². The topological polar surface area (TPSA) is 84.0 Å². The number of hydrogen-bond acceptors (Lipinski definition) is 6. The van der Waals surface area contributed by atoms with E-state index in [1.165, 1.54) is 23.1 Å². The van der Waals surface area contributed by atoms with Crippen molar-refractivity contribution in [1.82, 2.24) is 10.2 Å². The van der Waals surface area contributed by atoms with Crippen molar-refractivity contribution in [3.8, 4) is 0 Å². The molecule has 156 valence electrons. The summed E-state index contributed by atoms with van der Waals surface area (Å²) in [5.74, 6) is -0.267. The van der Waals surface area contributed by atoms with Crippen molar-refractivity contribution in [2.24, 2.45) is 0 Å². The molecular weight excluding hydrogens is 452 g/mol. The number of carbonyl (C=O) groups excluding carboxylic acids is 2. The fourth-order valence-electron chi connectivity index (χ4n) is 2.90. The molecule has 3 aromatic carbocycles. The first-order valence-electron chi connectivity index (χ1n) is 9.31. The highest BCUT2D eigenvalue weighted by Gasteiger charge is 2.14. The van der Waals surface area contributed by atoms with Gasteiger partial charge in [-0.3, -0.25) is 14.9 Å². The first-order valence-corrected chi connectivity index (χ1v) is 11.5. The number of rotatable bonds is 6. The summed E-state index contributed by atoms with van der Waals surface area (Å²) >= 11 is 8.55. The number of aromatic nitrogens is 2. The smallest absolute Gasteiger partial charge is 0.258 e. The van der Waals surface area contributed by atoms with Crippen molar-refractivity contribution in [2.75, 3.05) is 16.4 Å². The highest BCUT2D eigenvalue weighted by molar-refractivity contribution is 8.01. The van der Waals surface area contributed by atoms with Crippen LogP contribution in [0.3, 0.4) is 0 Å². The van der Waals surface area contributed by atoms with Gasteiger partial charge in [-0.15, -0.1) is 10.2 Å². The minimum absolute atomic E-state index is 0.164. The van der Waals surface area contributed by atoms with Crippen molar-refractivity contribution in [1.29, 1.82) is 0 Å². The maximum atomic E-state index is 12.7. The predicted octanol–water partition coefficient (Wildman–Crippen LogP) is 5.64. The fourth-order valence-corrected chi connectivity index (χ4v) is 4.63. The second-order valence-corrected chi connectivity index (χ2v) is 9.26. The van der Waals surface area contributed by atoms with Crippen molar-refractivity contribution < 1.29 is 9.59 Å². The van der Waals surface area contributed by atoms with Gasteiger partial charge in [-0.2, -0.15) is 0 Å². The molecule has 0 spiro atoms. The Balaban J connectivity index is 1.35. The minimum Gasteiger partial charge on any atom is -0.325 e. The maximum Gasteiger partial charge on any atom is 0.258 e. The third-order valence-corrected chi connectivity index (χ3v) is 6.82. The van der Waals surface area contributed by atoms with E-state index in [-0.39, 0.29) is 17.6 Å². The van der Waals surface area contributed by atoms with Crippen LogP contribution in [0.5, 0.6) is 0 Å². The molecule has 1 heterocycles. The number of nitrogens with one attached hydrogen (secondary N) is 2. The molecule has 0 saturated carbocycles. The van der Waals surface area contributed by atoms with E-state index in [2.05, 4.69) is 20.8 Å². The van der Waals surface area contributed by atoms with Gasteiger partial charge in [0, 0.05) is 16.3 Å². The average Bonchev–Trinajstić information content (AvgIpc) is 3.21. The summed E-state index contributed by atoms with van der Waals surface area (Å²) in [6, 6.07) is 18.6. The van der Waals surface area contributed by atoms with Gasteiger partial charge in [-0.1, -0.05) is 77.2 Å². The van der Waals surface area contributed by atoms with E-state index in [1.807, 2.05) is 49.4 Å². The number of anilines is 2. The summed E-state index contributed by atoms with van der Waals surface area (Å²) in [5, 5.41) is 16.5. The van der Waals surface area contributed by atoms with E-state index < -0.39 is 0 Å². The normalized spacial score (nSPS) is 10.8. The maximum absolute atomic E-state index is 12.7. The molecule has 1 aromatic heterocycles. The summed E-state index contributed by atoms with van der Waals surface area (Å²) < 4.78 is 0.588. The van der Waals surface area contributed by atoms with Gasteiger partial charge >= 0.3 is 0 Å². The number of halogens is 1. The number of hydrogen-bond donors (Lipinski definition) is 2. The molecule has 4 aromatic rings. The minimum atomic E-state index is -0.251. The number of benzene rings is 3. The van der Waals surface area contributed by atoms with Crippen LogP contribution in [-0.2, 0) is 4.79 Å². The third-order valence-electron chi connectivity index (χ3n) is 4.44. The van der Waals surface area contributed by atoms with Crippen LogP contribution in [-0.4, -0.2) is 27.8 Å². The zero-order chi connectivity index (χ0) is 21.8. The molecule has 0 fully saturated rings. The number of aryl methyl sites for hydroxylation is 1. The highest BCUT2D eigenvalue weighted by atomic mass is 35.5. The van der Waals surface area contributed by atoms with Crippen LogP contribution < -0.4 is 10.6 Å². The summed E-state index contributed by atoms with van der Waals surface area (Å²) in [5.41, 5.74) is 2.15. The van der Waals surface area contributed by atoms with Crippen LogP contribution in [0.1, 0.15) is 15.9 Å². The quantitative estimate of drug-likeness (QED) is 0.283. The zero-order valence-electron chi connectivity index (χ0n) is 16.4. The Labute approximate surface area is 192 Å². The fraction of sp³-hybridized carbons (Fsp3) is 0.0909. The van der Waals surface area contributed by atoms with E-state index in [0.717, 1.165) is 16.3 Å². The van der Waals surface area contributed by atoms with E-state index in [9.17, 15) is 9.59 Å². The van der Waals surface area contributed by atoms with Crippen LogP contribution in [0.2, 0.25) is 5.02 Å². The average molecular weight is 469 g/mol. The molecule has 0 radical (unpaired) electrons. The van der Waals surface area contributed by atoms with E-state index in [1.54, 1.807) is 18.2 Å². The third kappa shape index (κ3) is 5.22. The summed E-state index contributed by atoms with van der Waals surface area (Å²) in [6.45, 7) is 1.90. The zero-order valence-corrected chi connectivity index (χ0v) is 18.8. The number of nitrogens with zero attached hydrogens (tertiary/aromatic N) is 2. The predicted molar refractivity (Wildman–Crippen MR) is 127 cm³/mol. The molecule has 4 rings (SSSR count). The molecule has 0 bridgehead atoms. The molecular formula is C22H17ClN4O2S2. The molecule has 0 aliphatic rings. The molecule has 2 amide bonds. The van der Waals surface area contributed by atoms with Crippen LogP contribution in [0.15, 0.2) is 65.0 Å². The Bertz CT molecular complexity index is 1270. The lowest BCUT2D eigenvalue weighted by atomic mass is 10.0. The van der Waals surface area contributed by atoms with E-state index in [4.69, 9.17) is 11.6 Å². The standard InChI is InChI=1S/C22H17ClN4O2S2/c1-13-9-10-15(11-18(13)23)24-19(28)12-30-22-27-26-21(31-22)25-20(29)17-8-4-6-14-5-2-3-7-16(14)17/h2-11H,12H2,1H3,(H,24,28)(H,25,26,29). The van der Waals surface area contributed by atoms with Crippen molar-refractivity contribution in [2.45, 2.75) is 11.3 Å². The Morgan fingerprint density at radius 1 is 1.03 bits per heavy atom. The molecule has 0 aliphatic heterocycles. The first-order chi connectivity index (χ1) is 15.0. The van der Waals surface area contributed by atoms with Crippen LogP contribution in [0, 0.1) is 6.92 Å². The lowest BCUT2D eigenvalue weighted by Gasteiger charge is -2.06.